The van der Waals surface area contributed by atoms with Crippen molar-refractivity contribution >= 4 is 52.5 Å². The van der Waals surface area contributed by atoms with Gasteiger partial charge in [-0.3, -0.25) is 4.79 Å². The predicted molar refractivity (Wildman–Crippen MR) is 97.3 cm³/mol. The molecule has 1 aromatic heterocycles. The lowest BCUT2D eigenvalue weighted by Crippen LogP contribution is -2.30. The van der Waals surface area contributed by atoms with Gasteiger partial charge in [0.2, 0.25) is 0 Å². The first-order chi connectivity index (χ1) is 11.5. The quantitative estimate of drug-likeness (QED) is 0.590. The van der Waals surface area contributed by atoms with Crippen LogP contribution in [0.2, 0.25) is 10.0 Å². The van der Waals surface area contributed by atoms with Gasteiger partial charge >= 0.3 is 5.97 Å². The highest BCUT2D eigenvalue weighted by molar-refractivity contribution is 7.10. The van der Waals surface area contributed by atoms with Crippen molar-refractivity contribution in [3.8, 4) is 0 Å². The molecule has 0 unspecified atom stereocenters. The van der Waals surface area contributed by atoms with Gasteiger partial charge in [-0.25, -0.2) is 4.79 Å². The topological polar surface area (TPSA) is 55.4 Å². The SMILES string of the molecule is C[C@@H](NC(=O)COC(=O)/C=C/c1cccs1)c1ccc(Cl)c(Cl)c1. The van der Waals surface area contributed by atoms with E-state index >= 15 is 0 Å². The van der Waals surface area contributed by atoms with Gasteiger partial charge in [0.15, 0.2) is 6.61 Å². The summed E-state index contributed by atoms with van der Waals surface area (Å²) >= 11 is 13.3. The average Bonchev–Trinajstić information content (AvgIpc) is 3.07. The van der Waals surface area contributed by atoms with Crippen molar-refractivity contribution in [2.75, 3.05) is 6.61 Å². The zero-order chi connectivity index (χ0) is 17.5. The molecule has 0 saturated heterocycles. The molecule has 0 radical (unpaired) electrons. The van der Waals surface area contributed by atoms with Crippen LogP contribution in [0.3, 0.4) is 0 Å². The Kier molecular flexibility index (Phi) is 6.85. The minimum atomic E-state index is -0.569. The van der Waals surface area contributed by atoms with Crippen molar-refractivity contribution in [1.29, 1.82) is 0 Å². The minimum Gasteiger partial charge on any atom is -0.452 e. The molecule has 1 atom stereocenters. The van der Waals surface area contributed by atoms with E-state index in [2.05, 4.69) is 5.32 Å². The van der Waals surface area contributed by atoms with Crippen molar-refractivity contribution in [3.63, 3.8) is 0 Å². The van der Waals surface area contributed by atoms with Crippen LogP contribution >= 0.6 is 34.5 Å². The maximum absolute atomic E-state index is 11.8. The summed E-state index contributed by atoms with van der Waals surface area (Å²) in [5, 5.41) is 5.50. The van der Waals surface area contributed by atoms with Crippen LogP contribution in [0.15, 0.2) is 41.8 Å². The van der Waals surface area contributed by atoms with Crippen LogP contribution in [0.25, 0.3) is 6.08 Å². The Morgan fingerprint density at radius 1 is 1.29 bits per heavy atom. The molecule has 1 N–H and O–H groups in total. The Labute approximate surface area is 154 Å². The third kappa shape index (κ3) is 5.67. The van der Waals surface area contributed by atoms with Gasteiger partial charge in [0.1, 0.15) is 0 Å². The number of benzene rings is 1. The number of esters is 1. The third-order valence-corrected chi connectivity index (χ3v) is 4.67. The normalized spacial score (nSPS) is 12.1. The summed E-state index contributed by atoms with van der Waals surface area (Å²) in [5.41, 5.74) is 0.807. The molecule has 126 valence electrons. The van der Waals surface area contributed by atoms with Gasteiger partial charge in [-0.15, -0.1) is 11.3 Å². The molecule has 0 spiro atoms. The van der Waals surface area contributed by atoms with Crippen LogP contribution in [0.1, 0.15) is 23.4 Å². The van der Waals surface area contributed by atoms with Crippen LogP contribution in [0.5, 0.6) is 0 Å². The molecule has 0 fully saturated rings. The molecule has 2 aromatic rings. The van der Waals surface area contributed by atoms with E-state index in [1.54, 1.807) is 31.2 Å². The molecule has 0 aliphatic carbocycles. The van der Waals surface area contributed by atoms with Gasteiger partial charge in [0.05, 0.1) is 16.1 Å². The van der Waals surface area contributed by atoms with Crippen molar-refractivity contribution < 1.29 is 14.3 Å². The zero-order valence-corrected chi connectivity index (χ0v) is 15.1. The zero-order valence-electron chi connectivity index (χ0n) is 12.8. The summed E-state index contributed by atoms with van der Waals surface area (Å²) in [6, 6.07) is 8.59. The highest BCUT2D eigenvalue weighted by Crippen LogP contribution is 2.25. The van der Waals surface area contributed by atoms with Crippen LogP contribution < -0.4 is 5.32 Å². The van der Waals surface area contributed by atoms with E-state index in [0.29, 0.717) is 10.0 Å². The second-order valence-corrected chi connectivity index (χ2v) is 6.71. The van der Waals surface area contributed by atoms with E-state index in [-0.39, 0.29) is 12.6 Å². The van der Waals surface area contributed by atoms with Gasteiger partial charge in [-0.2, -0.15) is 0 Å². The highest BCUT2D eigenvalue weighted by atomic mass is 35.5. The van der Waals surface area contributed by atoms with Crippen molar-refractivity contribution in [1.82, 2.24) is 5.32 Å². The number of ether oxygens (including phenoxy) is 1. The maximum atomic E-state index is 11.8. The van der Waals surface area contributed by atoms with Gasteiger partial charge < -0.3 is 10.1 Å². The molecule has 24 heavy (non-hydrogen) atoms. The first-order valence-electron chi connectivity index (χ1n) is 7.08. The molecule has 1 aromatic carbocycles. The highest BCUT2D eigenvalue weighted by Gasteiger charge is 2.12. The average molecular weight is 384 g/mol. The predicted octanol–water partition coefficient (Wildman–Crippen LogP) is 4.49. The van der Waals surface area contributed by atoms with Gasteiger partial charge in [0.25, 0.3) is 5.91 Å². The number of hydrogen-bond acceptors (Lipinski definition) is 4. The number of carbonyl (C=O) groups is 2. The Morgan fingerprint density at radius 3 is 2.75 bits per heavy atom. The third-order valence-electron chi connectivity index (χ3n) is 3.09. The molecular formula is C17H15Cl2NO3S. The summed E-state index contributed by atoms with van der Waals surface area (Å²) in [7, 11) is 0. The van der Waals surface area contributed by atoms with E-state index in [1.807, 2.05) is 17.5 Å². The molecule has 7 heteroatoms. The maximum Gasteiger partial charge on any atom is 0.331 e. The Morgan fingerprint density at radius 2 is 2.08 bits per heavy atom. The number of rotatable bonds is 6. The van der Waals surface area contributed by atoms with E-state index in [1.165, 1.54) is 17.4 Å². The summed E-state index contributed by atoms with van der Waals surface area (Å²) in [6.07, 6.45) is 2.94. The number of nitrogens with one attached hydrogen (secondary N) is 1. The molecule has 0 aliphatic heterocycles. The fraction of sp³-hybridized carbons (Fsp3) is 0.176. The standard InChI is InChI=1S/C17H15Cl2NO3S/c1-11(12-4-6-14(18)15(19)9-12)20-16(21)10-23-17(22)7-5-13-3-2-8-24-13/h2-9,11H,10H2,1H3,(H,20,21)/b7-5+/t11-/m1/s1. The largest absolute Gasteiger partial charge is 0.452 e. The van der Waals surface area contributed by atoms with Gasteiger partial charge in [0, 0.05) is 11.0 Å². The smallest absolute Gasteiger partial charge is 0.331 e. The first-order valence-corrected chi connectivity index (χ1v) is 8.72. The van der Waals surface area contributed by atoms with Crippen LogP contribution in [-0.2, 0) is 14.3 Å². The lowest BCUT2D eigenvalue weighted by molar-refractivity contribution is -0.144. The van der Waals surface area contributed by atoms with E-state index in [9.17, 15) is 9.59 Å². The van der Waals surface area contributed by atoms with Gasteiger partial charge in [-0.05, 0) is 42.1 Å². The number of carbonyl (C=O) groups excluding carboxylic acids is 2. The molecule has 2 rings (SSSR count). The van der Waals surface area contributed by atoms with E-state index in [0.717, 1.165) is 10.4 Å². The van der Waals surface area contributed by atoms with Crippen molar-refractivity contribution in [3.05, 3.63) is 62.3 Å². The molecule has 0 aliphatic rings. The van der Waals surface area contributed by atoms with E-state index < -0.39 is 11.9 Å². The monoisotopic (exact) mass is 383 g/mol. The summed E-state index contributed by atoms with van der Waals surface area (Å²) < 4.78 is 4.90. The van der Waals surface area contributed by atoms with Gasteiger partial charge in [-0.1, -0.05) is 35.3 Å². The second-order valence-electron chi connectivity index (χ2n) is 4.92. The van der Waals surface area contributed by atoms with Crippen LogP contribution in [0, 0.1) is 0 Å². The van der Waals surface area contributed by atoms with Crippen LogP contribution in [0.4, 0.5) is 0 Å². The minimum absolute atomic E-state index is 0.285. The number of thiophene rings is 1. The molecule has 0 bridgehead atoms. The Bertz CT molecular complexity index is 744. The summed E-state index contributed by atoms with van der Waals surface area (Å²) in [4.78, 5) is 24.3. The Balaban J connectivity index is 1.80. The number of amides is 1. The Hall–Kier alpha value is -1.82. The molecule has 4 nitrogen and oxygen atoms in total. The van der Waals surface area contributed by atoms with Crippen LogP contribution in [-0.4, -0.2) is 18.5 Å². The molecule has 1 heterocycles. The molecule has 1 amide bonds. The second kappa shape index (κ2) is 8.87. The summed E-state index contributed by atoms with van der Waals surface area (Å²) in [6.45, 7) is 1.45. The van der Waals surface area contributed by atoms with E-state index in [4.69, 9.17) is 27.9 Å². The summed E-state index contributed by atoms with van der Waals surface area (Å²) in [5.74, 6) is -0.966. The lowest BCUT2D eigenvalue weighted by atomic mass is 10.1. The number of halogens is 2. The lowest BCUT2D eigenvalue weighted by Gasteiger charge is -2.14. The molecule has 0 saturated carbocycles. The molecular weight excluding hydrogens is 369 g/mol. The number of hydrogen-bond donors (Lipinski definition) is 1. The van der Waals surface area contributed by atoms with Crippen molar-refractivity contribution in [2.45, 2.75) is 13.0 Å². The van der Waals surface area contributed by atoms with Crippen molar-refractivity contribution in [2.24, 2.45) is 0 Å². The fourth-order valence-electron chi connectivity index (χ4n) is 1.87. The fourth-order valence-corrected chi connectivity index (χ4v) is 2.79. The first kappa shape index (κ1) is 18.5.